The van der Waals surface area contributed by atoms with Crippen LogP contribution in [0.1, 0.15) is 12.1 Å². The van der Waals surface area contributed by atoms with Crippen LogP contribution in [0, 0.1) is 12.8 Å². The van der Waals surface area contributed by atoms with Crippen molar-refractivity contribution in [1.82, 2.24) is 15.0 Å². The van der Waals surface area contributed by atoms with E-state index in [1.165, 1.54) is 0 Å². The summed E-state index contributed by atoms with van der Waals surface area (Å²) in [5.41, 5.74) is 6.64. The normalized spacial score (nSPS) is 18.0. The average molecular weight is 284 g/mol. The molecule has 110 valence electrons. The molecule has 0 aliphatic carbocycles. The van der Waals surface area contributed by atoms with Crippen LogP contribution in [-0.4, -0.2) is 34.6 Å². The van der Waals surface area contributed by atoms with E-state index in [0.717, 1.165) is 43.4 Å². The Labute approximate surface area is 124 Å². The van der Waals surface area contributed by atoms with E-state index in [1.807, 2.05) is 31.2 Å². The van der Waals surface area contributed by atoms with Gasteiger partial charge in [0.05, 0.1) is 0 Å². The summed E-state index contributed by atoms with van der Waals surface area (Å²) in [5, 5.41) is 3.39. The zero-order valence-corrected chi connectivity index (χ0v) is 12.2. The molecule has 2 aromatic heterocycles. The molecule has 0 amide bonds. The van der Waals surface area contributed by atoms with Crippen LogP contribution in [0.5, 0.6) is 0 Å². The monoisotopic (exact) mass is 284 g/mol. The van der Waals surface area contributed by atoms with Gasteiger partial charge in [0, 0.05) is 37.6 Å². The second-order valence-corrected chi connectivity index (χ2v) is 5.42. The number of pyridine rings is 1. The van der Waals surface area contributed by atoms with Gasteiger partial charge in [0.2, 0.25) is 5.95 Å². The summed E-state index contributed by atoms with van der Waals surface area (Å²) in [5.74, 6) is 2.79. The first kappa shape index (κ1) is 13.6. The van der Waals surface area contributed by atoms with E-state index in [0.29, 0.717) is 11.9 Å². The molecular weight excluding hydrogens is 264 g/mol. The highest BCUT2D eigenvalue weighted by Crippen LogP contribution is 2.23. The van der Waals surface area contributed by atoms with Crippen molar-refractivity contribution >= 4 is 17.6 Å². The first-order chi connectivity index (χ1) is 10.2. The third kappa shape index (κ3) is 3.39. The van der Waals surface area contributed by atoms with Crippen LogP contribution in [-0.2, 0) is 0 Å². The van der Waals surface area contributed by atoms with Crippen LogP contribution in [0.2, 0.25) is 0 Å². The zero-order valence-electron chi connectivity index (χ0n) is 12.2. The third-order valence-corrected chi connectivity index (χ3v) is 3.70. The predicted octanol–water partition coefficient (Wildman–Crippen LogP) is 1.70. The molecule has 0 saturated carbocycles. The fraction of sp³-hybridized carbons (Fsp3) is 0.400. The van der Waals surface area contributed by atoms with Gasteiger partial charge in [-0.15, -0.1) is 0 Å². The first-order valence-corrected chi connectivity index (χ1v) is 7.22. The molecule has 1 aliphatic rings. The highest BCUT2D eigenvalue weighted by Gasteiger charge is 2.23. The number of anilines is 3. The molecule has 3 heterocycles. The van der Waals surface area contributed by atoms with E-state index in [-0.39, 0.29) is 0 Å². The molecule has 2 aromatic rings. The number of rotatable bonds is 4. The highest BCUT2D eigenvalue weighted by molar-refractivity contribution is 5.44. The van der Waals surface area contributed by atoms with Crippen molar-refractivity contribution in [3.05, 3.63) is 36.2 Å². The van der Waals surface area contributed by atoms with E-state index in [9.17, 15) is 0 Å². The second kappa shape index (κ2) is 5.95. The Balaban J connectivity index is 1.58. The molecule has 1 atom stereocenters. The molecule has 0 unspecified atom stereocenters. The molecule has 21 heavy (non-hydrogen) atoms. The van der Waals surface area contributed by atoms with E-state index < -0.39 is 0 Å². The average Bonchev–Trinajstić information content (AvgIpc) is 2.94. The Kier molecular flexibility index (Phi) is 3.85. The zero-order chi connectivity index (χ0) is 14.7. The van der Waals surface area contributed by atoms with Crippen LogP contribution in [0.15, 0.2) is 30.5 Å². The van der Waals surface area contributed by atoms with E-state index >= 15 is 0 Å². The first-order valence-electron chi connectivity index (χ1n) is 7.22. The molecular formula is C15H20N6. The Morgan fingerprint density at radius 3 is 3.05 bits per heavy atom. The van der Waals surface area contributed by atoms with Crippen molar-refractivity contribution in [2.75, 3.05) is 35.6 Å². The van der Waals surface area contributed by atoms with Crippen molar-refractivity contribution in [2.45, 2.75) is 13.3 Å². The minimum Gasteiger partial charge on any atom is -0.370 e. The largest absolute Gasteiger partial charge is 0.370 e. The van der Waals surface area contributed by atoms with Gasteiger partial charge in [-0.2, -0.15) is 4.98 Å². The summed E-state index contributed by atoms with van der Waals surface area (Å²) in [7, 11) is 0. The topological polar surface area (TPSA) is 80.0 Å². The number of nitrogens with one attached hydrogen (secondary N) is 1. The van der Waals surface area contributed by atoms with Gasteiger partial charge in [0.1, 0.15) is 11.6 Å². The summed E-state index contributed by atoms with van der Waals surface area (Å²) in [6.45, 7) is 4.85. The Morgan fingerprint density at radius 1 is 1.38 bits per heavy atom. The number of aromatic nitrogens is 3. The van der Waals surface area contributed by atoms with Gasteiger partial charge in [-0.3, -0.25) is 0 Å². The Hall–Kier alpha value is -2.37. The summed E-state index contributed by atoms with van der Waals surface area (Å²) in [6.07, 6.45) is 2.94. The fourth-order valence-corrected chi connectivity index (χ4v) is 2.66. The molecule has 1 saturated heterocycles. The molecule has 3 rings (SSSR count). The maximum Gasteiger partial charge on any atom is 0.222 e. The van der Waals surface area contributed by atoms with Gasteiger partial charge in [0.25, 0.3) is 0 Å². The molecule has 6 heteroatoms. The minimum atomic E-state index is 0.347. The van der Waals surface area contributed by atoms with Crippen molar-refractivity contribution < 1.29 is 0 Å². The lowest BCUT2D eigenvalue weighted by Gasteiger charge is -2.18. The van der Waals surface area contributed by atoms with Gasteiger partial charge in [-0.25, -0.2) is 9.97 Å². The number of hydrogen-bond donors (Lipinski definition) is 2. The molecule has 0 spiro atoms. The minimum absolute atomic E-state index is 0.347. The molecule has 1 fully saturated rings. The van der Waals surface area contributed by atoms with Gasteiger partial charge in [-0.05, 0) is 31.4 Å². The lowest BCUT2D eigenvalue weighted by molar-refractivity contribution is 0.621. The van der Waals surface area contributed by atoms with E-state index in [1.54, 1.807) is 6.20 Å². The molecule has 6 nitrogen and oxygen atoms in total. The van der Waals surface area contributed by atoms with Gasteiger partial charge in [-0.1, -0.05) is 6.07 Å². The Morgan fingerprint density at radius 2 is 2.29 bits per heavy atom. The number of hydrogen-bond acceptors (Lipinski definition) is 6. The summed E-state index contributed by atoms with van der Waals surface area (Å²) < 4.78 is 0. The quantitative estimate of drug-likeness (QED) is 0.889. The van der Waals surface area contributed by atoms with E-state index in [4.69, 9.17) is 5.73 Å². The summed E-state index contributed by atoms with van der Waals surface area (Å²) >= 11 is 0. The maximum absolute atomic E-state index is 5.73. The standard InChI is InChI=1S/C15H20N6/c1-11-8-14(20-15(16)19-11)21-7-5-12(10-21)9-18-13-4-2-3-6-17-13/h2-4,6,8,12H,5,7,9-10H2,1H3,(H,17,18)(H2,16,19,20)/t12-/m0/s1. The van der Waals surface area contributed by atoms with E-state index in [2.05, 4.69) is 25.2 Å². The Bertz CT molecular complexity index is 580. The number of aryl methyl sites for hydroxylation is 1. The summed E-state index contributed by atoms with van der Waals surface area (Å²) in [4.78, 5) is 15.0. The van der Waals surface area contributed by atoms with Crippen LogP contribution >= 0.6 is 0 Å². The van der Waals surface area contributed by atoms with Crippen molar-refractivity contribution in [3.8, 4) is 0 Å². The van der Waals surface area contributed by atoms with Crippen LogP contribution in [0.3, 0.4) is 0 Å². The number of nitrogen functional groups attached to an aromatic ring is 1. The van der Waals surface area contributed by atoms with Crippen LogP contribution < -0.4 is 16.0 Å². The lowest BCUT2D eigenvalue weighted by Crippen LogP contribution is -2.24. The molecule has 1 aliphatic heterocycles. The maximum atomic E-state index is 5.73. The predicted molar refractivity (Wildman–Crippen MR) is 84.2 cm³/mol. The van der Waals surface area contributed by atoms with Crippen molar-refractivity contribution in [1.29, 1.82) is 0 Å². The molecule has 0 radical (unpaired) electrons. The molecule has 3 N–H and O–H groups in total. The van der Waals surface area contributed by atoms with Gasteiger partial charge in [0.15, 0.2) is 0 Å². The fourth-order valence-electron chi connectivity index (χ4n) is 2.66. The SMILES string of the molecule is Cc1cc(N2CC[C@@H](CNc3ccccn3)C2)nc(N)n1. The summed E-state index contributed by atoms with van der Waals surface area (Å²) in [6, 6.07) is 7.89. The van der Waals surface area contributed by atoms with Crippen molar-refractivity contribution in [3.63, 3.8) is 0 Å². The lowest BCUT2D eigenvalue weighted by atomic mass is 10.1. The van der Waals surface area contributed by atoms with Gasteiger partial charge >= 0.3 is 0 Å². The molecule has 0 bridgehead atoms. The third-order valence-electron chi connectivity index (χ3n) is 3.70. The van der Waals surface area contributed by atoms with Crippen LogP contribution in [0.25, 0.3) is 0 Å². The second-order valence-electron chi connectivity index (χ2n) is 5.42. The van der Waals surface area contributed by atoms with Crippen LogP contribution in [0.4, 0.5) is 17.6 Å². The van der Waals surface area contributed by atoms with Gasteiger partial charge < -0.3 is 16.0 Å². The number of nitrogens with zero attached hydrogens (tertiary/aromatic N) is 4. The molecule has 0 aromatic carbocycles. The van der Waals surface area contributed by atoms with Crippen molar-refractivity contribution in [2.24, 2.45) is 5.92 Å². The number of nitrogens with two attached hydrogens (primary N) is 1. The highest BCUT2D eigenvalue weighted by atomic mass is 15.2. The smallest absolute Gasteiger partial charge is 0.222 e.